The zero-order chi connectivity index (χ0) is 15.3. The van der Waals surface area contributed by atoms with Gasteiger partial charge in [0.05, 0.1) is 6.61 Å². The quantitative estimate of drug-likeness (QED) is 0.765. The van der Waals surface area contributed by atoms with Gasteiger partial charge in [0, 0.05) is 31.1 Å². The van der Waals surface area contributed by atoms with Gasteiger partial charge in [-0.2, -0.15) is 0 Å². The minimum Gasteiger partial charge on any atom is -0.477 e. The summed E-state index contributed by atoms with van der Waals surface area (Å²) in [7, 11) is 1.54. The predicted molar refractivity (Wildman–Crippen MR) is 71.9 cm³/mol. The van der Waals surface area contributed by atoms with Crippen LogP contribution in [0.5, 0.6) is 0 Å². The average molecular weight is 282 g/mol. The number of carbonyl (C=O) groups excluding carboxylic acids is 1. The number of aryl methyl sites for hydroxylation is 1. The van der Waals surface area contributed by atoms with Gasteiger partial charge in [0.2, 0.25) is 5.91 Å². The highest BCUT2D eigenvalue weighted by Crippen LogP contribution is 2.00. The summed E-state index contributed by atoms with van der Waals surface area (Å²) in [6, 6.07) is 1.06. The second kappa shape index (κ2) is 6.85. The number of pyridine rings is 1. The fraction of sp³-hybridized carbons (Fsp3) is 0.462. The van der Waals surface area contributed by atoms with Crippen LogP contribution in [0, 0.1) is 6.92 Å². The van der Waals surface area contributed by atoms with Crippen molar-refractivity contribution in [3.63, 3.8) is 0 Å². The molecule has 0 saturated heterocycles. The number of hydrogen-bond donors (Lipinski definition) is 2. The van der Waals surface area contributed by atoms with Crippen LogP contribution in [0.15, 0.2) is 17.1 Å². The van der Waals surface area contributed by atoms with Crippen LogP contribution in [0.4, 0.5) is 0 Å². The number of rotatable bonds is 6. The van der Waals surface area contributed by atoms with Gasteiger partial charge in [-0.05, 0) is 13.8 Å². The van der Waals surface area contributed by atoms with Crippen molar-refractivity contribution in [3.05, 3.63) is 33.7 Å². The molecule has 2 N–H and O–H groups in total. The number of nitrogens with one attached hydrogen (secondary N) is 1. The van der Waals surface area contributed by atoms with Crippen LogP contribution in [0.25, 0.3) is 0 Å². The maximum Gasteiger partial charge on any atom is 0.341 e. The third-order valence-corrected chi connectivity index (χ3v) is 2.71. The molecule has 0 radical (unpaired) electrons. The highest BCUT2D eigenvalue weighted by molar-refractivity contribution is 5.87. The Hall–Kier alpha value is -2.15. The van der Waals surface area contributed by atoms with Crippen molar-refractivity contribution in [1.82, 2.24) is 9.88 Å². The number of nitrogens with zero attached hydrogens (tertiary/aromatic N) is 1. The number of methoxy groups -OCH3 is 1. The highest BCUT2D eigenvalue weighted by atomic mass is 16.5. The summed E-state index contributed by atoms with van der Waals surface area (Å²) in [5, 5.41) is 11.6. The molecule has 0 fully saturated rings. The van der Waals surface area contributed by atoms with Gasteiger partial charge >= 0.3 is 5.97 Å². The van der Waals surface area contributed by atoms with Crippen LogP contribution in [0.2, 0.25) is 0 Å². The number of aromatic carboxylic acids is 1. The van der Waals surface area contributed by atoms with Gasteiger partial charge < -0.3 is 19.7 Å². The number of amides is 1. The molecule has 0 spiro atoms. The Morgan fingerprint density at radius 3 is 2.70 bits per heavy atom. The first-order valence-corrected chi connectivity index (χ1v) is 6.07. The van der Waals surface area contributed by atoms with Crippen LogP contribution in [-0.4, -0.2) is 41.3 Å². The average Bonchev–Trinajstić information content (AvgIpc) is 2.32. The Bertz CT molecular complexity index is 564. The van der Waals surface area contributed by atoms with Crippen LogP contribution >= 0.6 is 0 Å². The number of carboxylic acids is 1. The number of aromatic nitrogens is 1. The van der Waals surface area contributed by atoms with Gasteiger partial charge in [-0.3, -0.25) is 9.59 Å². The topological polar surface area (TPSA) is 97.6 Å². The third-order valence-electron chi connectivity index (χ3n) is 2.71. The summed E-state index contributed by atoms with van der Waals surface area (Å²) in [6.45, 7) is 3.76. The Kier molecular flexibility index (Phi) is 5.45. The number of carboxylic acid groups (broad SMARTS) is 1. The predicted octanol–water partition coefficient (Wildman–Crippen LogP) is 0.00602. The Morgan fingerprint density at radius 2 is 2.15 bits per heavy atom. The van der Waals surface area contributed by atoms with E-state index in [1.165, 1.54) is 23.9 Å². The zero-order valence-electron chi connectivity index (χ0n) is 11.7. The lowest BCUT2D eigenvalue weighted by molar-refractivity contribution is -0.122. The first-order valence-electron chi connectivity index (χ1n) is 6.07. The molecule has 0 aliphatic rings. The normalized spacial score (nSPS) is 11.9. The van der Waals surface area contributed by atoms with Gasteiger partial charge in [0.25, 0.3) is 0 Å². The lowest BCUT2D eigenvalue weighted by atomic mass is 10.2. The Morgan fingerprint density at radius 1 is 1.50 bits per heavy atom. The Balaban J connectivity index is 2.87. The van der Waals surface area contributed by atoms with E-state index in [1.807, 2.05) is 0 Å². The number of carbonyl (C=O) groups is 2. The molecule has 1 unspecified atom stereocenters. The summed E-state index contributed by atoms with van der Waals surface area (Å²) in [5.74, 6) is -1.59. The highest BCUT2D eigenvalue weighted by Gasteiger charge is 2.13. The minimum absolute atomic E-state index is 0.0551. The van der Waals surface area contributed by atoms with Crippen LogP contribution in [-0.2, 0) is 16.1 Å². The monoisotopic (exact) mass is 282 g/mol. The Labute approximate surface area is 116 Å². The van der Waals surface area contributed by atoms with E-state index in [4.69, 9.17) is 9.84 Å². The summed E-state index contributed by atoms with van der Waals surface area (Å²) in [5.41, 5.74) is -0.401. The van der Waals surface area contributed by atoms with Crippen molar-refractivity contribution in [2.75, 3.05) is 13.7 Å². The molecule has 0 saturated carbocycles. The molecule has 20 heavy (non-hydrogen) atoms. The first-order chi connectivity index (χ1) is 9.35. The van der Waals surface area contributed by atoms with E-state index in [0.717, 1.165) is 0 Å². The molecule has 1 amide bonds. The van der Waals surface area contributed by atoms with Gasteiger partial charge in [-0.25, -0.2) is 4.79 Å². The van der Waals surface area contributed by atoms with Crippen molar-refractivity contribution in [2.24, 2.45) is 0 Å². The number of ether oxygens (including phenoxy) is 1. The van der Waals surface area contributed by atoms with E-state index in [-0.39, 0.29) is 24.1 Å². The molecule has 0 aromatic carbocycles. The van der Waals surface area contributed by atoms with Crippen LogP contribution in [0.3, 0.4) is 0 Å². The fourth-order valence-corrected chi connectivity index (χ4v) is 1.77. The fourth-order valence-electron chi connectivity index (χ4n) is 1.77. The van der Waals surface area contributed by atoms with Crippen molar-refractivity contribution in [1.29, 1.82) is 0 Å². The van der Waals surface area contributed by atoms with E-state index in [9.17, 15) is 14.4 Å². The molecule has 0 aliphatic heterocycles. The van der Waals surface area contributed by atoms with Gasteiger partial charge in [0.1, 0.15) is 12.1 Å². The largest absolute Gasteiger partial charge is 0.477 e. The standard InChI is InChI=1S/C13H18N2O5/c1-8(7-20-3)14-12(17)6-15-5-10(13(18)19)11(16)4-9(15)2/h4-5,8H,6-7H2,1-3H3,(H,14,17)(H,18,19). The molecular formula is C13H18N2O5. The van der Waals surface area contributed by atoms with Gasteiger partial charge in [-0.15, -0.1) is 0 Å². The van der Waals surface area contributed by atoms with E-state index in [1.54, 1.807) is 13.8 Å². The van der Waals surface area contributed by atoms with E-state index in [2.05, 4.69) is 5.32 Å². The van der Waals surface area contributed by atoms with Crippen molar-refractivity contribution < 1.29 is 19.4 Å². The van der Waals surface area contributed by atoms with E-state index in [0.29, 0.717) is 12.3 Å². The molecule has 7 heteroatoms. The molecule has 1 rings (SSSR count). The third kappa shape index (κ3) is 4.20. The second-order valence-electron chi connectivity index (χ2n) is 4.55. The SMILES string of the molecule is COCC(C)NC(=O)Cn1cc(C(=O)O)c(=O)cc1C. The molecule has 7 nitrogen and oxygen atoms in total. The summed E-state index contributed by atoms with van der Waals surface area (Å²) in [6.07, 6.45) is 1.18. The van der Waals surface area contributed by atoms with E-state index < -0.39 is 11.4 Å². The molecule has 1 atom stereocenters. The minimum atomic E-state index is -1.31. The summed E-state index contributed by atoms with van der Waals surface area (Å²) in [4.78, 5) is 34.2. The van der Waals surface area contributed by atoms with Crippen LogP contribution < -0.4 is 10.7 Å². The smallest absolute Gasteiger partial charge is 0.341 e. The van der Waals surface area contributed by atoms with Crippen molar-refractivity contribution >= 4 is 11.9 Å². The number of hydrogen-bond acceptors (Lipinski definition) is 4. The zero-order valence-corrected chi connectivity index (χ0v) is 11.7. The molecule has 1 heterocycles. The van der Waals surface area contributed by atoms with E-state index >= 15 is 0 Å². The lowest BCUT2D eigenvalue weighted by Gasteiger charge is -2.15. The van der Waals surface area contributed by atoms with Crippen molar-refractivity contribution in [2.45, 2.75) is 26.4 Å². The summed E-state index contributed by atoms with van der Waals surface area (Å²) < 4.78 is 6.33. The lowest BCUT2D eigenvalue weighted by Crippen LogP contribution is -2.38. The maximum atomic E-state index is 11.8. The summed E-state index contributed by atoms with van der Waals surface area (Å²) >= 11 is 0. The van der Waals surface area contributed by atoms with Crippen molar-refractivity contribution in [3.8, 4) is 0 Å². The van der Waals surface area contributed by atoms with Crippen LogP contribution in [0.1, 0.15) is 23.0 Å². The molecule has 1 aromatic rings. The second-order valence-corrected chi connectivity index (χ2v) is 4.55. The van der Waals surface area contributed by atoms with Gasteiger partial charge in [0.15, 0.2) is 5.43 Å². The molecule has 0 aliphatic carbocycles. The molecule has 1 aromatic heterocycles. The molecule has 110 valence electrons. The van der Waals surface area contributed by atoms with Gasteiger partial charge in [-0.1, -0.05) is 0 Å². The maximum absolute atomic E-state index is 11.8. The molecular weight excluding hydrogens is 264 g/mol. The molecule has 0 bridgehead atoms. The first kappa shape index (κ1) is 15.9.